The Bertz CT molecular complexity index is 517. The van der Waals surface area contributed by atoms with Crippen molar-refractivity contribution in [2.45, 2.75) is 45.2 Å². The molecule has 3 nitrogen and oxygen atoms in total. The zero-order valence-corrected chi connectivity index (χ0v) is 10.9. The van der Waals surface area contributed by atoms with Gasteiger partial charge in [0, 0.05) is 30.4 Å². The van der Waals surface area contributed by atoms with Gasteiger partial charge < -0.3 is 10.3 Å². The van der Waals surface area contributed by atoms with Crippen LogP contribution in [0.25, 0.3) is 11.0 Å². The molecule has 0 spiro atoms. The molecular formula is C15H21N3. The van der Waals surface area contributed by atoms with E-state index in [1.54, 1.807) is 0 Å². The van der Waals surface area contributed by atoms with Crippen LogP contribution in [0.5, 0.6) is 0 Å². The lowest BCUT2D eigenvalue weighted by Gasteiger charge is -2.27. The van der Waals surface area contributed by atoms with Crippen LogP contribution in [0.2, 0.25) is 0 Å². The Morgan fingerprint density at radius 2 is 2.39 bits per heavy atom. The second-order valence-electron chi connectivity index (χ2n) is 5.56. The average Bonchev–Trinajstić information content (AvgIpc) is 2.80. The molecule has 3 heteroatoms. The third kappa shape index (κ3) is 2.41. The molecule has 3 rings (SSSR count). The standard InChI is InChI=1S/C15H21N3/c1-11-4-2-5-13(8-11)17-9-12-10-18-15-14(12)6-3-7-16-15/h3,6-7,10-11,13,17H,2,4-5,8-9H2,1H3,(H,16,18). The van der Waals surface area contributed by atoms with Crippen molar-refractivity contribution in [2.75, 3.05) is 0 Å². The van der Waals surface area contributed by atoms with Crippen molar-refractivity contribution in [1.82, 2.24) is 15.3 Å². The van der Waals surface area contributed by atoms with Crippen LogP contribution in [0.1, 0.15) is 38.2 Å². The lowest BCUT2D eigenvalue weighted by atomic mass is 9.87. The fourth-order valence-electron chi connectivity index (χ4n) is 3.03. The normalized spacial score (nSPS) is 24.5. The zero-order valence-electron chi connectivity index (χ0n) is 10.9. The number of rotatable bonds is 3. The van der Waals surface area contributed by atoms with Gasteiger partial charge in [0.1, 0.15) is 5.65 Å². The van der Waals surface area contributed by atoms with Gasteiger partial charge >= 0.3 is 0 Å². The first-order chi connectivity index (χ1) is 8.83. The van der Waals surface area contributed by atoms with Gasteiger partial charge in [-0.15, -0.1) is 0 Å². The summed E-state index contributed by atoms with van der Waals surface area (Å²) in [4.78, 5) is 7.56. The maximum atomic E-state index is 4.33. The quantitative estimate of drug-likeness (QED) is 0.869. The van der Waals surface area contributed by atoms with E-state index in [1.807, 2.05) is 12.3 Å². The van der Waals surface area contributed by atoms with Gasteiger partial charge in [-0.05, 0) is 36.5 Å². The van der Waals surface area contributed by atoms with Gasteiger partial charge in [-0.3, -0.25) is 0 Å². The summed E-state index contributed by atoms with van der Waals surface area (Å²) in [5.41, 5.74) is 2.32. The summed E-state index contributed by atoms with van der Waals surface area (Å²) in [6.07, 6.45) is 9.32. The van der Waals surface area contributed by atoms with E-state index >= 15 is 0 Å². The summed E-state index contributed by atoms with van der Waals surface area (Å²) in [5.74, 6) is 0.876. The maximum Gasteiger partial charge on any atom is 0.137 e. The van der Waals surface area contributed by atoms with Crippen LogP contribution >= 0.6 is 0 Å². The number of hydrogen-bond donors (Lipinski definition) is 2. The third-order valence-corrected chi connectivity index (χ3v) is 4.05. The minimum absolute atomic E-state index is 0.690. The number of nitrogens with zero attached hydrogens (tertiary/aromatic N) is 1. The summed E-state index contributed by atoms with van der Waals surface area (Å²) in [5, 5.41) is 4.94. The molecule has 2 N–H and O–H groups in total. The van der Waals surface area contributed by atoms with Crippen molar-refractivity contribution >= 4 is 11.0 Å². The van der Waals surface area contributed by atoms with Gasteiger partial charge in [-0.2, -0.15) is 0 Å². The van der Waals surface area contributed by atoms with Crippen LogP contribution in [0.15, 0.2) is 24.5 Å². The fourth-order valence-corrected chi connectivity index (χ4v) is 3.03. The van der Waals surface area contributed by atoms with E-state index in [4.69, 9.17) is 0 Å². The number of nitrogens with one attached hydrogen (secondary N) is 2. The molecule has 2 aromatic rings. The van der Waals surface area contributed by atoms with Crippen molar-refractivity contribution in [3.05, 3.63) is 30.1 Å². The third-order valence-electron chi connectivity index (χ3n) is 4.05. The second kappa shape index (κ2) is 5.11. The molecule has 1 aliphatic rings. The SMILES string of the molecule is CC1CCCC(NCc2c[nH]c3ncccc23)C1. The van der Waals surface area contributed by atoms with E-state index in [9.17, 15) is 0 Å². The Morgan fingerprint density at radius 1 is 1.44 bits per heavy atom. The van der Waals surface area contributed by atoms with Crippen LogP contribution in [0, 0.1) is 5.92 Å². The predicted octanol–water partition coefficient (Wildman–Crippen LogP) is 3.23. The zero-order chi connectivity index (χ0) is 12.4. The van der Waals surface area contributed by atoms with Crippen molar-refractivity contribution in [1.29, 1.82) is 0 Å². The molecule has 1 fully saturated rings. The molecule has 0 aliphatic heterocycles. The fraction of sp³-hybridized carbons (Fsp3) is 0.533. The highest BCUT2D eigenvalue weighted by Gasteiger charge is 2.18. The molecule has 0 aromatic carbocycles. The number of pyridine rings is 1. The Morgan fingerprint density at radius 3 is 3.28 bits per heavy atom. The molecule has 2 atom stereocenters. The summed E-state index contributed by atoms with van der Waals surface area (Å²) in [6, 6.07) is 4.83. The van der Waals surface area contributed by atoms with E-state index in [0.29, 0.717) is 6.04 Å². The Balaban J connectivity index is 1.66. The van der Waals surface area contributed by atoms with Gasteiger partial charge in [0.2, 0.25) is 0 Å². The Kier molecular flexibility index (Phi) is 3.33. The second-order valence-corrected chi connectivity index (χ2v) is 5.56. The average molecular weight is 243 g/mol. The smallest absolute Gasteiger partial charge is 0.137 e. The van der Waals surface area contributed by atoms with Crippen LogP contribution < -0.4 is 5.32 Å². The number of aromatic amines is 1. The first-order valence-electron chi connectivity index (χ1n) is 6.97. The van der Waals surface area contributed by atoms with Crippen molar-refractivity contribution in [2.24, 2.45) is 5.92 Å². The van der Waals surface area contributed by atoms with Crippen LogP contribution in [0.3, 0.4) is 0 Å². The predicted molar refractivity (Wildman–Crippen MR) is 74.4 cm³/mol. The summed E-state index contributed by atoms with van der Waals surface area (Å²) in [6.45, 7) is 3.31. The molecule has 2 heterocycles. The van der Waals surface area contributed by atoms with Gasteiger partial charge in [0.15, 0.2) is 0 Å². The Hall–Kier alpha value is -1.35. The maximum absolute atomic E-state index is 4.33. The van der Waals surface area contributed by atoms with E-state index in [-0.39, 0.29) is 0 Å². The molecule has 2 unspecified atom stereocenters. The van der Waals surface area contributed by atoms with Crippen molar-refractivity contribution < 1.29 is 0 Å². The van der Waals surface area contributed by atoms with Crippen LogP contribution in [-0.4, -0.2) is 16.0 Å². The molecule has 0 radical (unpaired) electrons. The summed E-state index contributed by atoms with van der Waals surface area (Å²) < 4.78 is 0. The van der Waals surface area contributed by atoms with Crippen LogP contribution in [0.4, 0.5) is 0 Å². The molecular weight excluding hydrogens is 222 g/mol. The summed E-state index contributed by atoms with van der Waals surface area (Å²) in [7, 11) is 0. The molecule has 0 bridgehead atoms. The number of hydrogen-bond acceptors (Lipinski definition) is 2. The number of aromatic nitrogens is 2. The minimum Gasteiger partial charge on any atom is -0.346 e. The first kappa shape index (κ1) is 11.7. The van der Waals surface area contributed by atoms with Gasteiger partial charge in [0.05, 0.1) is 0 Å². The lowest BCUT2D eigenvalue weighted by molar-refractivity contribution is 0.301. The lowest BCUT2D eigenvalue weighted by Crippen LogP contribution is -2.32. The monoisotopic (exact) mass is 243 g/mol. The number of fused-ring (bicyclic) bond motifs is 1. The van der Waals surface area contributed by atoms with Gasteiger partial charge in [-0.1, -0.05) is 19.8 Å². The van der Waals surface area contributed by atoms with E-state index < -0.39 is 0 Å². The number of H-pyrrole nitrogens is 1. The summed E-state index contributed by atoms with van der Waals surface area (Å²) >= 11 is 0. The minimum atomic E-state index is 0.690. The molecule has 18 heavy (non-hydrogen) atoms. The Labute approximate surface area is 108 Å². The van der Waals surface area contributed by atoms with Gasteiger partial charge in [0.25, 0.3) is 0 Å². The van der Waals surface area contributed by atoms with Crippen molar-refractivity contribution in [3.63, 3.8) is 0 Å². The largest absolute Gasteiger partial charge is 0.346 e. The first-order valence-corrected chi connectivity index (χ1v) is 6.97. The topological polar surface area (TPSA) is 40.7 Å². The van der Waals surface area contributed by atoms with Gasteiger partial charge in [-0.25, -0.2) is 4.98 Å². The highest BCUT2D eigenvalue weighted by molar-refractivity contribution is 5.79. The molecule has 2 aromatic heterocycles. The van der Waals surface area contributed by atoms with E-state index in [2.05, 4.69) is 34.5 Å². The van der Waals surface area contributed by atoms with E-state index in [0.717, 1.165) is 18.1 Å². The van der Waals surface area contributed by atoms with Crippen LogP contribution in [-0.2, 0) is 6.54 Å². The molecule has 1 aliphatic carbocycles. The molecule has 96 valence electrons. The molecule has 0 saturated heterocycles. The van der Waals surface area contributed by atoms with E-state index in [1.165, 1.54) is 36.6 Å². The highest BCUT2D eigenvalue weighted by atomic mass is 14.9. The molecule has 0 amide bonds. The molecule has 1 saturated carbocycles. The van der Waals surface area contributed by atoms with Crippen molar-refractivity contribution in [3.8, 4) is 0 Å². The highest BCUT2D eigenvalue weighted by Crippen LogP contribution is 2.24.